The fourth-order valence-electron chi connectivity index (χ4n) is 1.77. The molecule has 1 N–H and O–H groups in total. The second-order valence-electron chi connectivity index (χ2n) is 4.81. The highest BCUT2D eigenvalue weighted by Gasteiger charge is 2.19. The first-order valence-electron chi connectivity index (χ1n) is 5.20. The van der Waals surface area contributed by atoms with E-state index in [1.54, 1.807) is 0 Å². The Morgan fingerprint density at radius 1 is 1.36 bits per heavy atom. The molecule has 1 heterocycles. The van der Waals surface area contributed by atoms with Gasteiger partial charge in [-0.05, 0) is 6.42 Å². The number of hydrogen-bond donors (Lipinski definition) is 1. The number of hydrogen-bond acceptors (Lipinski definition) is 1. The third-order valence-electron chi connectivity index (χ3n) is 2.47. The Bertz CT molecular complexity index is 363. The van der Waals surface area contributed by atoms with E-state index in [1.165, 1.54) is 5.69 Å². The molecule has 0 aliphatic heterocycles. The Kier molecular flexibility index (Phi) is 2.88. The summed E-state index contributed by atoms with van der Waals surface area (Å²) < 4.78 is 4.12. The number of rotatable bonds is 2. The highest BCUT2D eigenvalue weighted by molar-refractivity contribution is 5.11. The predicted octanol–water partition coefficient (Wildman–Crippen LogP) is 2.01. The minimum atomic E-state index is 0.115. The first-order chi connectivity index (χ1) is 6.38. The van der Waals surface area contributed by atoms with Crippen molar-refractivity contribution < 1.29 is 0 Å². The number of aromatic nitrogens is 2. The van der Waals surface area contributed by atoms with E-state index in [4.69, 9.17) is 5.41 Å². The standard InChI is InChI=1S/C11H21N3/c1-6-7-14-10(12)8-9(13(14)5)11(2,3)4/h8,12H,6-7H2,1-5H3. The van der Waals surface area contributed by atoms with Gasteiger partial charge in [0.25, 0.3) is 0 Å². The van der Waals surface area contributed by atoms with E-state index in [1.807, 2.05) is 17.8 Å². The fraction of sp³-hybridized carbons (Fsp3) is 0.727. The second kappa shape index (κ2) is 3.64. The van der Waals surface area contributed by atoms with E-state index in [0.29, 0.717) is 5.49 Å². The van der Waals surface area contributed by atoms with Gasteiger partial charge in [-0.1, -0.05) is 27.7 Å². The SMILES string of the molecule is CCCn1c(=N)cc(C(C)(C)C)n1C. The zero-order valence-electron chi connectivity index (χ0n) is 9.89. The zero-order valence-corrected chi connectivity index (χ0v) is 9.89. The summed E-state index contributed by atoms with van der Waals surface area (Å²) in [6.45, 7) is 9.59. The molecular weight excluding hydrogens is 174 g/mol. The molecule has 80 valence electrons. The van der Waals surface area contributed by atoms with Gasteiger partial charge in [0.1, 0.15) is 5.49 Å². The third-order valence-corrected chi connectivity index (χ3v) is 2.47. The van der Waals surface area contributed by atoms with Crippen molar-refractivity contribution in [1.29, 1.82) is 5.41 Å². The van der Waals surface area contributed by atoms with E-state index in [0.717, 1.165) is 13.0 Å². The molecule has 0 saturated carbocycles. The van der Waals surface area contributed by atoms with Crippen molar-refractivity contribution in [2.45, 2.75) is 46.1 Å². The van der Waals surface area contributed by atoms with Crippen LogP contribution in [-0.4, -0.2) is 9.36 Å². The molecule has 1 aromatic rings. The molecule has 0 radical (unpaired) electrons. The second-order valence-corrected chi connectivity index (χ2v) is 4.81. The molecule has 14 heavy (non-hydrogen) atoms. The van der Waals surface area contributed by atoms with E-state index in [9.17, 15) is 0 Å². The van der Waals surface area contributed by atoms with E-state index in [-0.39, 0.29) is 5.41 Å². The Morgan fingerprint density at radius 2 is 1.93 bits per heavy atom. The van der Waals surface area contributed by atoms with Crippen molar-refractivity contribution in [2.24, 2.45) is 7.05 Å². The third kappa shape index (κ3) is 1.91. The molecule has 0 bridgehead atoms. The van der Waals surface area contributed by atoms with E-state index < -0.39 is 0 Å². The molecule has 3 heteroatoms. The lowest BCUT2D eigenvalue weighted by atomic mass is 9.92. The van der Waals surface area contributed by atoms with Crippen LogP contribution in [0, 0.1) is 5.41 Å². The van der Waals surface area contributed by atoms with Crippen molar-refractivity contribution in [1.82, 2.24) is 9.36 Å². The topological polar surface area (TPSA) is 33.7 Å². The molecule has 0 aromatic carbocycles. The van der Waals surface area contributed by atoms with Crippen molar-refractivity contribution >= 4 is 0 Å². The van der Waals surface area contributed by atoms with Gasteiger partial charge in [-0.2, -0.15) is 0 Å². The van der Waals surface area contributed by atoms with E-state index >= 15 is 0 Å². The van der Waals surface area contributed by atoms with Gasteiger partial charge in [0, 0.05) is 30.8 Å². The van der Waals surface area contributed by atoms with Gasteiger partial charge in [0.2, 0.25) is 0 Å². The Balaban J connectivity index is 3.24. The van der Waals surface area contributed by atoms with Crippen LogP contribution in [0.5, 0.6) is 0 Å². The van der Waals surface area contributed by atoms with Crippen molar-refractivity contribution in [3.8, 4) is 0 Å². The molecule has 1 rings (SSSR count). The van der Waals surface area contributed by atoms with Crippen LogP contribution in [0.25, 0.3) is 0 Å². The van der Waals surface area contributed by atoms with Gasteiger partial charge in [-0.3, -0.25) is 14.8 Å². The van der Waals surface area contributed by atoms with Crippen LogP contribution in [-0.2, 0) is 19.0 Å². The summed E-state index contributed by atoms with van der Waals surface area (Å²) >= 11 is 0. The molecular formula is C11H21N3. The maximum atomic E-state index is 7.86. The Hall–Kier alpha value is -0.990. The Labute approximate surface area is 85.9 Å². The lowest BCUT2D eigenvalue weighted by molar-refractivity contribution is 0.433. The first kappa shape index (κ1) is 11.1. The molecule has 0 aliphatic carbocycles. The summed E-state index contributed by atoms with van der Waals surface area (Å²) in [5.41, 5.74) is 1.94. The summed E-state index contributed by atoms with van der Waals surface area (Å²) in [5, 5.41) is 7.86. The molecule has 0 atom stereocenters. The lowest BCUT2D eigenvalue weighted by Crippen LogP contribution is -2.23. The molecule has 0 amide bonds. The Morgan fingerprint density at radius 3 is 2.29 bits per heavy atom. The molecule has 3 nitrogen and oxygen atoms in total. The average molecular weight is 195 g/mol. The average Bonchev–Trinajstić information content (AvgIpc) is 2.31. The van der Waals surface area contributed by atoms with Crippen molar-refractivity contribution in [3.63, 3.8) is 0 Å². The molecule has 0 fully saturated rings. The van der Waals surface area contributed by atoms with Crippen LogP contribution >= 0.6 is 0 Å². The summed E-state index contributed by atoms with van der Waals surface area (Å²) in [6, 6.07) is 1.97. The van der Waals surface area contributed by atoms with Crippen molar-refractivity contribution in [2.75, 3.05) is 0 Å². The van der Waals surface area contributed by atoms with Crippen LogP contribution in [0.2, 0.25) is 0 Å². The number of nitrogens with one attached hydrogen (secondary N) is 1. The monoisotopic (exact) mass is 195 g/mol. The highest BCUT2D eigenvalue weighted by Crippen LogP contribution is 2.20. The molecule has 0 saturated heterocycles. The van der Waals surface area contributed by atoms with Gasteiger partial charge in [-0.25, -0.2) is 0 Å². The first-order valence-corrected chi connectivity index (χ1v) is 5.20. The summed E-state index contributed by atoms with van der Waals surface area (Å²) in [6.07, 6.45) is 1.07. The van der Waals surface area contributed by atoms with Crippen LogP contribution in [0.1, 0.15) is 39.8 Å². The maximum absolute atomic E-state index is 7.86. The minimum Gasteiger partial charge on any atom is -0.291 e. The lowest BCUT2D eigenvalue weighted by Gasteiger charge is -2.20. The molecule has 0 unspecified atom stereocenters. The normalized spacial score (nSPS) is 12.1. The summed E-state index contributed by atoms with van der Waals surface area (Å²) in [7, 11) is 2.04. The zero-order chi connectivity index (χ0) is 10.9. The van der Waals surface area contributed by atoms with Crippen LogP contribution in [0.4, 0.5) is 0 Å². The van der Waals surface area contributed by atoms with Gasteiger partial charge in [0.05, 0.1) is 0 Å². The quantitative estimate of drug-likeness (QED) is 0.749. The minimum absolute atomic E-state index is 0.115. The molecule has 0 aliphatic rings. The largest absolute Gasteiger partial charge is 0.291 e. The van der Waals surface area contributed by atoms with Crippen LogP contribution in [0.3, 0.4) is 0 Å². The van der Waals surface area contributed by atoms with Gasteiger partial charge >= 0.3 is 0 Å². The van der Waals surface area contributed by atoms with Crippen LogP contribution < -0.4 is 5.49 Å². The van der Waals surface area contributed by atoms with E-state index in [2.05, 4.69) is 32.4 Å². The van der Waals surface area contributed by atoms with Gasteiger partial charge < -0.3 is 0 Å². The predicted molar refractivity (Wildman–Crippen MR) is 58.2 cm³/mol. The maximum Gasteiger partial charge on any atom is 0.141 e. The fourth-order valence-corrected chi connectivity index (χ4v) is 1.77. The van der Waals surface area contributed by atoms with Crippen LogP contribution in [0.15, 0.2) is 6.07 Å². The summed E-state index contributed by atoms with van der Waals surface area (Å²) in [5.74, 6) is 0. The number of nitrogens with zero attached hydrogens (tertiary/aromatic N) is 2. The molecule has 1 aromatic heterocycles. The van der Waals surface area contributed by atoms with Crippen molar-refractivity contribution in [3.05, 3.63) is 17.2 Å². The molecule has 0 spiro atoms. The van der Waals surface area contributed by atoms with Gasteiger partial charge in [-0.15, -0.1) is 0 Å². The summed E-state index contributed by atoms with van der Waals surface area (Å²) in [4.78, 5) is 0. The van der Waals surface area contributed by atoms with Gasteiger partial charge in [0.15, 0.2) is 0 Å². The smallest absolute Gasteiger partial charge is 0.141 e. The highest BCUT2D eigenvalue weighted by atomic mass is 15.4.